The lowest BCUT2D eigenvalue weighted by Gasteiger charge is -2.42. The number of hydrogen-bond donors (Lipinski definition) is 0. The molecule has 2 aliphatic carbocycles. The number of fused-ring (bicyclic) bond motifs is 2. The van der Waals surface area contributed by atoms with Gasteiger partial charge in [-0.25, -0.2) is 0 Å². The first-order valence-electron chi connectivity index (χ1n) is 7.26. The predicted molar refractivity (Wildman–Crippen MR) is 68.4 cm³/mol. The van der Waals surface area contributed by atoms with Gasteiger partial charge in [-0.2, -0.15) is 0 Å². The van der Waals surface area contributed by atoms with Crippen LogP contribution in [0.1, 0.15) is 51.4 Å². The van der Waals surface area contributed by atoms with E-state index in [1.54, 1.807) is 0 Å². The van der Waals surface area contributed by atoms with E-state index >= 15 is 0 Å². The van der Waals surface area contributed by atoms with Gasteiger partial charge in [-0.1, -0.05) is 37.8 Å². The van der Waals surface area contributed by atoms with Crippen LogP contribution in [-0.2, 0) is 0 Å². The molecule has 0 radical (unpaired) electrons. The average molecular weight is 219 g/mol. The molecule has 2 saturated carbocycles. The van der Waals surface area contributed by atoms with Crippen LogP contribution in [-0.4, -0.2) is 24.0 Å². The Kier molecular flexibility index (Phi) is 3.06. The minimum absolute atomic E-state index is 0.859. The van der Waals surface area contributed by atoms with Crippen molar-refractivity contribution in [1.29, 1.82) is 0 Å². The lowest BCUT2D eigenvalue weighted by molar-refractivity contribution is 0.0749. The second kappa shape index (κ2) is 4.52. The van der Waals surface area contributed by atoms with Crippen LogP contribution < -0.4 is 0 Å². The van der Waals surface area contributed by atoms with Gasteiger partial charge >= 0.3 is 0 Å². The van der Waals surface area contributed by atoms with Crippen molar-refractivity contribution in [3.05, 3.63) is 12.2 Å². The first-order chi connectivity index (χ1) is 7.86. The highest BCUT2D eigenvalue weighted by atomic mass is 15.2. The lowest BCUT2D eigenvalue weighted by Crippen LogP contribution is -2.47. The molecule has 90 valence electrons. The van der Waals surface area contributed by atoms with Gasteiger partial charge in [0.1, 0.15) is 0 Å². The van der Waals surface area contributed by atoms with Gasteiger partial charge in [0.15, 0.2) is 0 Å². The molecule has 2 fully saturated rings. The van der Waals surface area contributed by atoms with E-state index in [0.29, 0.717) is 0 Å². The standard InChI is InChI=1S/C15H25N/c1-16-14-8-4-2-6-12(14)10-11-13-7-3-5-9-15(13)16/h10-15H,2-9H2,1H3. The van der Waals surface area contributed by atoms with Crippen LogP contribution in [0.25, 0.3) is 0 Å². The van der Waals surface area contributed by atoms with Crippen molar-refractivity contribution in [1.82, 2.24) is 4.90 Å². The Balaban J connectivity index is 1.83. The fourth-order valence-electron chi connectivity index (χ4n) is 4.27. The summed E-state index contributed by atoms with van der Waals surface area (Å²) in [5.74, 6) is 1.73. The fraction of sp³-hybridized carbons (Fsp3) is 0.867. The topological polar surface area (TPSA) is 3.24 Å². The maximum Gasteiger partial charge on any atom is 0.0158 e. The van der Waals surface area contributed by atoms with E-state index in [2.05, 4.69) is 24.1 Å². The molecular weight excluding hydrogens is 194 g/mol. The van der Waals surface area contributed by atoms with E-state index in [-0.39, 0.29) is 0 Å². The van der Waals surface area contributed by atoms with Gasteiger partial charge in [-0.15, -0.1) is 0 Å². The Hall–Kier alpha value is -0.300. The van der Waals surface area contributed by atoms with Crippen LogP contribution >= 0.6 is 0 Å². The van der Waals surface area contributed by atoms with Gasteiger partial charge in [-0.05, 0) is 44.6 Å². The van der Waals surface area contributed by atoms with Crippen LogP contribution in [0.4, 0.5) is 0 Å². The zero-order valence-electron chi connectivity index (χ0n) is 10.6. The van der Waals surface area contributed by atoms with E-state index in [0.717, 1.165) is 23.9 Å². The van der Waals surface area contributed by atoms with Crippen LogP contribution in [0, 0.1) is 11.8 Å². The summed E-state index contributed by atoms with van der Waals surface area (Å²) in [6.07, 6.45) is 16.7. The predicted octanol–water partition coefficient (Wildman–Crippen LogP) is 3.61. The third kappa shape index (κ3) is 1.84. The van der Waals surface area contributed by atoms with Gasteiger partial charge in [-0.3, -0.25) is 4.90 Å². The van der Waals surface area contributed by atoms with Crippen molar-refractivity contribution < 1.29 is 0 Å². The molecule has 0 aromatic heterocycles. The molecular formula is C15H25N. The fourth-order valence-corrected chi connectivity index (χ4v) is 4.27. The quantitative estimate of drug-likeness (QED) is 0.563. The van der Waals surface area contributed by atoms with Gasteiger partial charge in [0.25, 0.3) is 0 Å². The maximum atomic E-state index is 2.76. The molecule has 0 aromatic carbocycles. The molecule has 1 heterocycles. The normalized spacial score (nSPS) is 44.6. The summed E-state index contributed by atoms with van der Waals surface area (Å²) in [5.41, 5.74) is 0. The summed E-state index contributed by atoms with van der Waals surface area (Å²) in [7, 11) is 2.40. The molecule has 3 rings (SSSR count). The van der Waals surface area contributed by atoms with E-state index < -0.39 is 0 Å². The third-order valence-corrected chi connectivity index (χ3v) is 5.21. The number of nitrogens with zero attached hydrogens (tertiary/aromatic N) is 1. The van der Waals surface area contributed by atoms with Crippen molar-refractivity contribution in [2.75, 3.05) is 7.05 Å². The molecule has 0 bridgehead atoms. The van der Waals surface area contributed by atoms with Crippen molar-refractivity contribution in [2.24, 2.45) is 11.8 Å². The molecule has 0 aromatic rings. The molecule has 4 unspecified atom stereocenters. The zero-order valence-corrected chi connectivity index (χ0v) is 10.6. The lowest BCUT2D eigenvalue weighted by atomic mass is 9.82. The Morgan fingerprint density at radius 2 is 1.19 bits per heavy atom. The highest BCUT2D eigenvalue weighted by molar-refractivity contribution is 5.07. The molecule has 0 spiro atoms. The first-order valence-corrected chi connectivity index (χ1v) is 7.26. The Bertz CT molecular complexity index is 245. The minimum atomic E-state index is 0.859. The summed E-state index contributed by atoms with van der Waals surface area (Å²) in [5, 5.41) is 0. The van der Waals surface area contributed by atoms with Crippen LogP contribution in [0.3, 0.4) is 0 Å². The average Bonchev–Trinajstić information content (AvgIpc) is 2.49. The summed E-state index contributed by atoms with van der Waals surface area (Å²) in [4.78, 5) is 2.76. The van der Waals surface area contributed by atoms with Gasteiger partial charge in [0.05, 0.1) is 0 Å². The van der Waals surface area contributed by atoms with Crippen LogP contribution in [0.2, 0.25) is 0 Å². The summed E-state index contributed by atoms with van der Waals surface area (Å²) >= 11 is 0. The summed E-state index contributed by atoms with van der Waals surface area (Å²) < 4.78 is 0. The zero-order chi connectivity index (χ0) is 11.0. The second-order valence-electron chi connectivity index (χ2n) is 6.08. The minimum Gasteiger partial charge on any atom is -0.299 e. The summed E-state index contributed by atoms with van der Waals surface area (Å²) in [6, 6.07) is 1.72. The van der Waals surface area contributed by atoms with E-state index in [1.807, 2.05) is 0 Å². The van der Waals surface area contributed by atoms with E-state index in [4.69, 9.17) is 0 Å². The molecule has 3 aliphatic rings. The second-order valence-corrected chi connectivity index (χ2v) is 6.08. The molecule has 0 N–H and O–H groups in total. The van der Waals surface area contributed by atoms with Crippen LogP contribution in [0.15, 0.2) is 12.2 Å². The molecule has 1 aliphatic heterocycles. The largest absolute Gasteiger partial charge is 0.299 e. The Morgan fingerprint density at radius 3 is 1.69 bits per heavy atom. The van der Waals surface area contributed by atoms with Gasteiger partial charge < -0.3 is 0 Å². The maximum absolute atomic E-state index is 2.76. The first kappa shape index (κ1) is 10.8. The molecule has 1 nitrogen and oxygen atoms in total. The van der Waals surface area contributed by atoms with Crippen molar-refractivity contribution >= 4 is 0 Å². The van der Waals surface area contributed by atoms with E-state index in [1.165, 1.54) is 51.4 Å². The van der Waals surface area contributed by atoms with Gasteiger partial charge in [0.2, 0.25) is 0 Å². The number of rotatable bonds is 0. The smallest absolute Gasteiger partial charge is 0.0158 e. The number of hydrogen-bond acceptors (Lipinski definition) is 1. The van der Waals surface area contributed by atoms with Crippen LogP contribution in [0.5, 0.6) is 0 Å². The monoisotopic (exact) mass is 219 g/mol. The highest BCUT2D eigenvalue weighted by Crippen LogP contribution is 2.38. The Morgan fingerprint density at radius 1 is 0.750 bits per heavy atom. The van der Waals surface area contributed by atoms with Crippen molar-refractivity contribution in [3.8, 4) is 0 Å². The molecule has 4 atom stereocenters. The highest BCUT2D eigenvalue weighted by Gasteiger charge is 2.36. The Labute approximate surface area is 99.9 Å². The SMILES string of the molecule is CN1C2CCCCC2C=CC2CCCCC21. The van der Waals surface area contributed by atoms with Crippen molar-refractivity contribution in [2.45, 2.75) is 63.5 Å². The molecule has 1 heteroatoms. The third-order valence-electron chi connectivity index (χ3n) is 5.21. The molecule has 0 saturated heterocycles. The van der Waals surface area contributed by atoms with Gasteiger partial charge in [0, 0.05) is 12.1 Å². The molecule has 0 amide bonds. The van der Waals surface area contributed by atoms with E-state index in [9.17, 15) is 0 Å². The summed E-state index contributed by atoms with van der Waals surface area (Å²) in [6.45, 7) is 0. The molecule has 16 heavy (non-hydrogen) atoms. The van der Waals surface area contributed by atoms with Crippen molar-refractivity contribution in [3.63, 3.8) is 0 Å².